The molecule has 0 aliphatic rings. The summed E-state index contributed by atoms with van der Waals surface area (Å²) in [6, 6.07) is 0. The molecule has 0 rings (SSSR count). The molecule has 0 aliphatic heterocycles. The lowest BCUT2D eigenvalue weighted by atomic mass is 10.1. The Morgan fingerprint density at radius 1 is 0.533 bits per heavy atom. The molecule has 0 radical (unpaired) electrons. The highest BCUT2D eigenvalue weighted by molar-refractivity contribution is 7.47. The van der Waals surface area contributed by atoms with E-state index in [1.807, 2.05) is 21.1 Å². The van der Waals surface area contributed by atoms with Gasteiger partial charge in [-0.2, -0.15) is 0 Å². The van der Waals surface area contributed by atoms with Gasteiger partial charge in [0.2, 0.25) is 0 Å². The zero-order chi connectivity index (χ0) is 44.3. The minimum absolute atomic E-state index is 0.0189. The maximum atomic E-state index is 12.7. The molecular weight excluding hydrogens is 774 g/mol. The Kier molecular flexibility index (Phi) is 39.6. The number of phosphoric acid groups is 1. The molecule has 0 fully saturated rings. The fourth-order valence-electron chi connectivity index (χ4n) is 5.77. The standard InChI is InChI=1S/C50H86NO8P/c1-6-8-10-12-14-16-18-20-22-24-25-27-29-31-33-35-37-39-41-43-50(53)59-48(47-58-60(54,55)57-45-44-51(3,4)5)46-56-49(52)42-40-38-36-34-32-30-28-26-23-21-19-17-15-13-11-9-7-2/h8,10,14-17,20-23,25,27,31,33,48H,6-7,9,11-13,18-19,24,26,28-30,32,34-47H2,1-5H3/p+1/b10-8+,16-14+,17-15+,22-20+,23-21+,27-25+,33-31+/t48-/m1/s1. The summed E-state index contributed by atoms with van der Waals surface area (Å²) in [6.45, 7) is 4.22. The first-order chi connectivity index (χ1) is 29.0. The third-order valence-electron chi connectivity index (χ3n) is 9.41. The van der Waals surface area contributed by atoms with Gasteiger partial charge in [-0.05, 0) is 89.9 Å². The Bertz CT molecular complexity index is 1290. The topological polar surface area (TPSA) is 108 Å². The van der Waals surface area contributed by atoms with E-state index in [1.54, 1.807) is 0 Å². The molecule has 0 aromatic carbocycles. The Hall–Kier alpha value is -2.81. The molecule has 2 atom stereocenters. The van der Waals surface area contributed by atoms with Crippen LogP contribution < -0.4 is 0 Å². The number of ether oxygens (including phenoxy) is 2. The lowest BCUT2D eigenvalue weighted by Crippen LogP contribution is -2.37. The molecule has 9 nitrogen and oxygen atoms in total. The summed E-state index contributed by atoms with van der Waals surface area (Å²) in [4.78, 5) is 35.4. The SMILES string of the molecule is CC/C=C/C/C=C/C/C=C/C/C=C/C/C=C/CCCCCC(=O)O[C@H](COC(=O)CCCCCCCCC/C=C/C/C=C/CCCCC)COP(=O)(O)OCC[N+](C)(C)C. The molecule has 0 bridgehead atoms. The van der Waals surface area contributed by atoms with Crippen molar-refractivity contribution < 1.29 is 42.1 Å². The molecule has 0 saturated carbocycles. The molecular formula is C50H87NO8P+. The summed E-state index contributed by atoms with van der Waals surface area (Å²) >= 11 is 0. The molecule has 10 heteroatoms. The van der Waals surface area contributed by atoms with Gasteiger partial charge in [-0.3, -0.25) is 18.6 Å². The van der Waals surface area contributed by atoms with Crippen LogP contribution in [0.25, 0.3) is 0 Å². The predicted octanol–water partition coefficient (Wildman–Crippen LogP) is 13.6. The smallest absolute Gasteiger partial charge is 0.462 e. The summed E-state index contributed by atoms with van der Waals surface area (Å²) in [5, 5.41) is 0. The molecule has 0 aromatic heterocycles. The second-order valence-electron chi connectivity index (χ2n) is 16.4. The molecule has 0 heterocycles. The van der Waals surface area contributed by atoms with Gasteiger partial charge in [0.1, 0.15) is 19.8 Å². The summed E-state index contributed by atoms with van der Waals surface area (Å²) in [6.07, 6.45) is 53.4. The Morgan fingerprint density at radius 2 is 0.950 bits per heavy atom. The largest absolute Gasteiger partial charge is 0.472 e. The second kappa shape index (κ2) is 41.5. The zero-order valence-electron chi connectivity index (χ0n) is 38.7. The third-order valence-corrected chi connectivity index (χ3v) is 10.4. The third kappa shape index (κ3) is 44.7. The van der Waals surface area contributed by atoms with Crippen LogP contribution in [0, 0.1) is 0 Å². The highest BCUT2D eigenvalue weighted by atomic mass is 31.2. The quantitative estimate of drug-likeness (QED) is 0.0213. The van der Waals surface area contributed by atoms with Gasteiger partial charge in [0.15, 0.2) is 6.10 Å². The number of hydrogen-bond acceptors (Lipinski definition) is 7. The number of phosphoric ester groups is 1. The summed E-state index contributed by atoms with van der Waals surface area (Å²) in [5.74, 6) is -0.852. The maximum Gasteiger partial charge on any atom is 0.472 e. The second-order valence-corrected chi connectivity index (χ2v) is 17.9. The average Bonchev–Trinajstić information content (AvgIpc) is 3.20. The number of carbonyl (C=O) groups excluding carboxylic acids is 2. The highest BCUT2D eigenvalue weighted by Crippen LogP contribution is 2.43. The normalized spacial score (nSPS) is 14.3. The van der Waals surface area contributed by atoms with E-state index in [9.17, 15) is 19.0 Å². The molecule has 60 heavy (non-hydrogen) atoms. The van der Waals surface area contributed by atoms with Gasteiger partial charge in [-0.15, -0.1) is 0 Å². The zero-order valence-corrected chi connectivity index (χ0v) is 39.6. The Balaban J connectivity index is 4.42. The van der Waals surface area contributed by atoms with Crippen molar-refractivity contribution >= 4 is 19.8 Å². The monoisotopic (exact) mass is 861 g/mol. The van der Waals surface area contributed by atoms with Crippen LogP contribution in [0.1, 0.15) is 168 Å². The molecule has 0 aromatic rings. The van der Waals surface area contributed by atoms with Gasteiger partial charge in [-0.1, -0.05) is 150 Å². The maximum absolute atomic E-state index is 12.7. The fraction of sp³-hybridized carbons (Fsp3) is 0.680. The fourth-order valence-corrected chi connectivity index (χ4v) is 6.52. The van der Waals surface area contributed by atoms with E-state index in [-0.39, 0.29) is 32.0 Å². The van der Waals surface area contributed by atoms with Crippen LogP contribution in [-0.4, -0.2) is 74.9 Å². The van der Waals surface area contributed by atoms with Crippen LogP contribution in [-0.2, 0) is 32.7 Å². The summed E-state index contributed by atoms with van der Waals surface area (Å²) < 4.78 is 34.3. The molecule has 344 valence electrons. The van der Waals surface area contributed by atoms with Crippen molar-refractivity contribution in [3.05, 3.63) is 85.1 Å². The number of nitrogens with zero attached hydrogens (tertiary/aromatic N) is 1. The number of likely N-dealkylation sites (N-methyl/N-ethyl adjacent to an activating group) is 1. The summed E-state index contributed by atoms with van der Waals surface area (Å²) in [5.41, 5.74) is 0. The van der Waals surface area contributed by atoms with Gasteiger partial charge in [0, 0.05) is 12.8 Å². The molecule has 1 N–H and O–H groups in total. The van der Waals surface area contributed by atoms with Crippen molar-refractivity contribution in [1.29, 1.82) is 0 Å². The molecule has 0 spiro atoms. The number of carbonyl (C=O) groups is 2. The molecule has 1 unspecified atom stereocenters. The minimum atomic E-state index is -4.39. The number of unbranched alkanes of at least 4 members (excludes halogenated alkanes) is 13. The van der Waals surface area contributed by atoms with Crippen molar-refractivity contribution in [2.24, 2.45) is 0 Å². The van der Waals surface area contributed by atoms with E-state index in [1.165, 1.54) is 44.9 Å². The Labute approximate surface area is 367 Å². The lowest BCUT2D eigenvalue weighted by Gasteiger charge is -2.24. The molecule has 0 saturated heterocycles. The minimum Gasteiger partial charge on any atom is -0.462 e. The number of quaternary nitrogens is 1. The molecule has 0 aliphatic carbocycles. The predicted molar refractivity (Wildman–Crippen MR) is 252 cm³/mol. The van der Waals surface area contributed by atoms with Crippen molar-refractivity contribution in [1.82, 2.24) is 0 Å². The number of rotatable bonds is 41. The van der Waals surface area contributed by atoms with E-state index >= 15 is 0 Å². The van der Waals surface area contributed by atoms with Crippen LogP contribution in [0.5, 0.6) is 0 Å². The molecule has 0 amide bonds. The van der Waals surface area contributed by atoms with Crippen LogP contribution in [0.4, 0.5) is 0 Å². The van der Waals surface area contributed by atoms with Crippen molar-refractivity contribution in [2.45, 2.75) is 174 Å². The van der Waals surface area contributed by atoms with Crippen LogP contribution in [0.15, 0.2) is 85.1 Å². The van der Waals surface area contributed by atoms with Gasteiger partial charge >= 0.3 is 19.8 Å². The number of allylic oxidation sites excluding steroid dienone is 14. The Morgan fingerprint density at radius 3 is 1.43 bits per heavy atom. The van der Waals surface area contributed by atoms with E-state index < -0.39 is 26.5 Å². The van der Waals surface area contributed by atoms with E-state index in [2.05, 4.69) is 98.9 Å². The van der Waals surface area contributed by atoms with Crippen molar-refractivity contribution in [3.63, 3.8) is 0 Å². The van der Waals surface area contributed by atoms with Crippen LogP contribution in [0.3, 0.4) is 0 Å². The lowest BCUT2D eigenvalue weighted by molar-refractivity contribution is -0.870. The number of esters is 2. The van der Waals surface area contributed by atoms with Gasteiger partial charge in [0.05, 0.1) is 27.7 Å². The van der Waals surface area contributed by atoms with Gasteiger partial charge in [-0.25, -0.2) is 4.57 Å². The van der Waals surface area contributed by atoms with Crippen LogP contribution >= 0.6 is 7.82 Å². The van der Waals surface area contributed by atoms with E-state index in [0.717, 1.165) is 89.9 Å². The first kappa shape index (κ1) is 57.2. The van der Waals surface area contributed by atoms with Crippen LogP contribution in [0.2, 0.25) is 0 Å². The van der Waals surface area contributed by atoms with Crippen molar-refractivity contribution in [2.75, 3.05) is 47.5 Å². The van der Waals surface area contributed by atoms with E-state index in [4.69, 9.17) is 18.5 Å². The first-order valence-electron chi connectivity index (χ1n) is 23.3. The summed E-state index contributed by atoms with van der Waals surface area (Å²) in [7, 11) is 1.43. The number of hydrogen-bond donors (Lipinski definition) is 1. The van der Waals surface area contributed by atoms with Gasteiger partial charge < -0.3 is 18.9 Å². The van der Waals surface area contributed by atoms with Crippen molar-refractivity contribution in [3.8, 4) is 0 Å². The highest BCUT2D eigenvalue weighted by Gasteiger charge is 2.27. The average molecular weight is 861 g/mol. The van der Waals surface area contributed by atoms with E-state index in [0.29, 0.717) is 17.4 Å². The van der Waals surface area contributed by atoms with Gasteiger partial charge in [0.25, 0.3) is 0 Å². The first-order valence-corrected chi connectivity index (χ1v) is 24.8.